The zero-order valence-corrected chi connectivity index (χ0v) is 11.6. The molecule has 110 valence electrons. The summed E-state index contributed by atoms with van der Waals surface area (Å²) in [6.45, 7) is 3.22. The molecule has 0 aromatic heterocycles. The highest BCUT2D eigenvalue weighted by molar-refractivity contribution is 6.00. The normalized spacial score (nSPS) is 10.1. The summed E-state index contributed by atoms with van der Waals surface area (Å²) in [5, 5.41) is 16.7. The molecule has 0 unspecified atom stereocenters. The van der Waals surface area contributed by atoms with E-state index >= 15 is 0 Å². The lowest BCUT2D eigenvalue weighted by atomic mass is 10.1. The van der Waals surface area contributed by atoms with E-state index < -0.39 is 10.8 Å². The molecular weight excluding hydrogens is 262 g/mol. The highest BCUT2D eigenvalue weighted by Gasteiger charge is 2.23. The molecule has 0 atom stereocenters. The first-order valence-electron chi connectivity index (χ1n) is 6.40. The number of nitrogens with one attached hydrogen (secondary N) is 2. The van der Waals surface area contributed by atoms with Gasteiger partial charge in [0.05, 0.1) is 11.5 Å². The Morgan fingerprint density at radius 1 is 1.40 bits per heavy atom. The number of carbonyl (C=O) groups is 1. The van der Waals surface area contributed by atoms with E-state index in [9.17, 15) is 14.9 Å². The Morgan fingerprint density at radius 3 is 2.75 bits per heavy atom. The largest absolute Gasteiger partial charge is 0.383 e. The zero-order valence-electron chi connectivity index (χ0n) is 11.6. The quantitative estimate of drug-likeness (QED) is 0.430. The van der Waals surface area contributed by atoms with Gasteiger partial charge in [-0.05, 0) is 18.6 Å². The van der Waals surface area contributed by atoms with Crippen molar-refractivity contribution >= 4 is 17.3 Å². The van der Waals surface area contributed by atoms with Crippen LogP contribution in [0.15, 0.2) is 18.2 Å². The first-order chi connectivity index (χ1) is 9.61. The summed E-state index contributed by atoms with van der Waals surface area (Å²) in [4.78, 5) is 22.6. The fraction of sp³-hybridized carbons (Fsp3) is 0.462. The number of nitrogens with zero attached hydrogens (tertiary/aromatic N) is 1. The summed E-state index contributed by atoms with van der Waals surface area (Å²) in [5.41, 5.74) is 0.208. The molecule has 7 nitrogen and oxygen atoms in total. The Kier molecular flexibility index (Phi) is 6.45. The number of benzene rings is 1. The van der Waals surface area contributed by atoms with E-state index in [0.717, 1.165) is 6.42 Å². The molecule has 7 heteroatoms. The van der Waals surface area contributed by atoms with Crippen molar-refractivity contribution in [1.29, 1.82) is 0 Å². The van der Waals surface area contributed by atoms with Gasteiger partial charge in [0.15, 0.2) is 0 Å². The summed E-state index contributed by atoms with van der Waals surface area (Å²) in [6.07, 6.45) is 0.835. The van der Waals surface area contributed by atoms with Crippen molar-refractivity contribution in [2.45, 2.75) is 13.3 Å². The van der Waals surface area contributed by atoms with Gasteiger partial charge in [-0.15, -0.1) is 0 Å². The fourth-order valence-electron chi connectivity index (χ4n) is 1.69. The van der Waals surface area contributed by atoms with Crippen LogP contribution in [0.25, 0.3) is 0 Å². The molecule has 0 saturated carbocycles. The number of rotatable bonds is 8. The molecule has 0 fully saturated rings. The molecular formula is C13H19N3O4. The van der Waals surface area contributed by atoms with Crippen molar-refractivity contribution < 1.29 is 14.5 Å². The Labute approximate surface area is 117 Å². The molecule has 1 aromatic rings. The summed E-state index contributed by atoms with van der Waals surface area (Å²) in [6, 6.07) is 4.66. The van der Waals surface area contributed by atoms with Crippen molar-refractivity contribution in [2.75, 3.05) is 32.1 Å². The molecule has 0 saturated heterocycles. The maximum Gasteiger partial charge on any atom is 0.305 e. The van der Waals surface area contributed by atoms with Crippen molar-refractivity contribution in [1.82, 2.24) is 5.32 Å². The lowest BCUT2D eigenvalue weighted by molar-refractivity contribution is -0.384. The SMILES string of the molecule is CCCNc1cccc(C(=O)NCCOC)c1[N+](=O)[O-]. The van der Waals surface area contributed by atoms with E-state index in [-0.39, 0.29) is 11.3 Å². The Balaban J connectivity index is 2.99. The number of hydrogen-bond donors (Lipinski definition) is 2. The maximum atomic E-state index is 12.0. The number of anilines is 1. The van der Waals surface area contributed by atoms with E-state index in [1.165, 1.54) is 13.2 Å². The molecule has 1 rings (SSSR count). The van der Waals surface area contributed by atoms with Crippen molar-refractivity contribution in [3.05, 3.63) is 33.9 Å². The first-order valence-corrected chi connectivity index (χ1v) is 6.40. The van der Waals surface area contributed by atoms with E-state index in [0.29, 0.717) is 25.4 Å². The van der Waals surface area contributed by atoms with Gasteiger partial charge in [0.1, 0.15) is 11.3 Å². The van der Waals surface area contributed by atoms with Crippen LogP contribution >= 0.6 is 0 Å². The second-order valence-electron chi connectivity index (χ2n) is 4.13. The van der Waals surface area contributed by atoms with E-state index in [4.69, 9.17) is 4.74 Å². The molecule has 20 heavy (non-hydrogen) atoms. The van der Waals surface area contributed by atoms with Gasteiger partial charge in [-0.25, -0.2) is 0 Å². The number of ether oxygens (including phenoxy) is 1. The van der Waals surface area contributed by atoms with Crippen LogP contribution in [0.4, 0.5) is 11.4 Å². The van der Waals surface area contributed by atoms with Gasteiger partial charge >= 0.3 is 5.69 Å². The minimum atomic E-state index is -0.538. The number of nitro benzene ring substituents is 1. The molecule has 0 aliphatic carbocycles. The second-order valence-corrected chi connectivity index (χ2v) is 4.13. The number of carbonyl (C=O) groups excluding carboxylic acids is 1. The summed E-state index contributed by atoms with van der Waals surface area (Å²) >= 11 is 0. The van der Waals surface area contributed by atoms with Crippen molar-refractivity contribution in [3.63, 3.8) is 0 Å². The second kappa shape index (κ2) is 8.11. The van der Waals surface area contributed by atoms with Crippen LogP contribution in [0.1, 0.15) is 23.7 Å². The third-order valence-electron chi connectivity index (χ3n) is 2.62. The topological polar surface area (TPSA) is 93.5 Å². The average molecular weight is 281 g/mol. The van der Waals surface area contributed by atoms with E-state index in [1.54, 1.807) is 12.1 Å². The number of para-hydroxylation sites is 1. The van der Waals surface area contributed by atoms with Crippen LogP contribution in [0.5, 0.6) is 0 Å². The minimum Gasteiger partial charge on any atom is -0.383 e. The van der Waals surface area contributed by atoms with Crippen LogP contribution < -0.4 is 10.6 Å². The molecule has 0 aliphatic rings. The number of hydrogen-bond acceptors (Lipinski definition) is 5. The number of methoxy groups -OCH3 is 1. The van der Waals surface area contributed by atoms with Gasteiger partial charge in [-0.2, -0.15) is 0 Å². The Hall–Kier alpha value is -2.15. The molecule has 0 spiro atoms. The van der Waals surface area contributed by atoms with Crippen LogP contribution in [0.2, 0.25) is 0 Å². The van der Waals surface area contributed by atoms with Crippen LogP contribution in [-0.4, -0.2) is 37.6 Å². The fourth-order valence-corrected chi connectivity index (χ4v) is 1.69. The summed E-state index contributed by atoms with van der Waals surface area (Å²) in [7, 11) is 1.52. The molecule has 0 aliphatic heterocycles. The highest BCUT2D eigenvalue weighted by Crippen LogP contribution is 2.28. The smallest absolute Gasteiger partial charge is 0.305 e. The molecule has 0 radical (unpaired) electrons. The standard InChI is InChI=1S/C13H19N3O4/c1-3-7-14-11-6-4-5-10(12(11)16(18)19)13(17)15-8-9-20-2/h4-6,14H,3,7-9H2,1-2H3,(H,15,17). The Bertz CT molecular complexity index is 477. The average Bonchev–Trinajstić information content (AvgIpc) is 2.44. The summed E-state index contributed by atoms with van der Waals surface area (Å²) in [5.74, 6) is -0.478. The molecule has 0 bridgehead atoms. The first kappa shape index (κ1) is 15.9. The Morgan fingerprint density at radius 2 is 2.15 bits per heavy atom. The van der Waals surface area contributed by atoms with Crippen LogP contribution in [0, 0.1) is 10.1 Å². The molecule has 0 heterocycles. The van der Waals surface area contributed by atoms with Crippen LogP contribution in [-0.2, 0) is 4.74 Å². The monoisotopic (exact) mass is 281 g/mol. The van der Waals surface area contributed by atoms with Gasteiger partial charge < -0.3 is 15.4 Å². The third kappa shape index (κ3) is 4.20. The van der Waals surface area contributed by atoms with Crippen LogP contribution in [0.3, 0.4) is 0 Å². The zero-order chi connectivity index (χ0) is 15.0. The van der Waals surface area contributed by atoms with Gasteiger partial charge in [0, 0.05) is 20.2 Å². The summed E-state index contributed by atoms with van der Waals surface area (Å²) < 4.78 is 4.82. The van der Waals surface area contributed by atoms with Gasteiger partial charge in [-0.1, -0.05) is 13.0 Å². The number of amides is 1. The lowest BCUT2D eigenvalue weighted by Gasteiger charge is -2.09. The maximum absolute atomic E-state index is 12.0. The number of nitro groups is 1. The van der Waals surface area contributed by atoms with E-state index in [2.05, 4.69) is 10.6 Å². The van der Waals surface area contributed by atoms with Gasteiger partial charge in [0.25, 0.3) is 5.91 Å². The molecule has 2 N–H and O–H groups in total. The van der Waals surface area contributed by atoms with Gasteiger partial charge in [0.2, 0.25) is 0 Å². The molecule has 1 amide bonds. The minimum absolute atomic E-state index is 0.0483. The lowest BCUT2D eigenvalue weighted by Crippen LogP contribution is -2.27. The van der Waals surface area contributed by atoms with E-state index in [1.807, 2.05) is 6.92 Å². The third-order valence-corrected chi connectivity index (χ3v) is 2.62. The van der Waals surface area contributed by atoms with Crippen molar-refractivity contribution in [2.24, 2.45) is 0 Å². The predicted octanol–water partition coefficient (Wildman–Crippen LogP) is 1.79. The molecule has 1 aromatic carbocycles. The predicted molar refractivity (Wildman–Crippen MR) is 76.1 cm³/mol. The highest BCUT2D eigenvalue weighted by atomic mass is 16.6. The van der Waals surface area contributed by atoms with Crippen molar-refractivity contribution in [3.8, 4) is 0 Å². The van der Waals surface area contributed by atoms with Gasteiger partial charge in [-0.3, -0.25) is 14.9 Å².